The Morgan fingerprint density at radius 3 is 2.35 bits per heavy atom. The fourth-order valence-corrected chi connectivity index (χ4v) is 4.52. The maximum atomic E-state index is 13.8. The van der Waals surface area contributed by atoms with E-state index in [9.17, 15) is 9.59 Å². The van der Waals surface area contributed by atoms with Crippen molar-refractivity contribution in [3.63, 3.8) is 0 Å². The van der Waals surface area contributed by atoms with Crippen molar-refractivity contribution < 1.29 is 23.8 Å². The molecule has 0 bridgehead atoms. The third-order valence-electron chi connectivity index (χ3n) is 5.90. The van der Waals surface area contributed by atoms with Crippen molar-refractivity contribution >= 4 is 29.1 Å². The van der Waals surface area contributed by atoms with Gasteiger partial charge in [-0.15, -0.1) is 0 Å². The number of anilines is 1. The molecule has 2 aromatic carbocycles. The molecule has 0 saturated carbocycles. The molecule has 0 spiro atoms. The standard InChI is InChI=1S/C25H24ClN3O5/c1-29-23(14-6-5-9-27-13-14)22(24(30)28-15-7-8-19(32-2)18(26)10-15)16-11-20(33-3)21(34-4)12-17(16)25(29)31/h5-13,22-23H,1-4H3,(H,28,30)/t22-,23-/m0/s1. The maximum Gasteiger partial charge on any atom is 0.254 e. The van der Waals surface area contributed by atoms with Crippen LogP contribution in [0.5, 0.6) is 17.2 Å². The Morgan fingerprint density at radius 1 is 1.03 bits per heavy atom. The molecule has 34 heavy (non-hydrogen) atoms. The average Bonchev–Trinajstić information content (AvgIpc) is 2.85. The largest absolute Gasteiger partial charge is 0.495 e. The summed E-state index contributed by atoms with van der Waals surface area (Å²) in [7, 11) is 6.20. The van der Waals surface area contributed by atoms with Gasteiger partial charge in [0.1, 0.15) is 5.75 Å². The first-order chi connectivity index (χ1) is 16.4. The van der Waals surface area contributed by atoms with Crippen molar-refractivity contribution in [2.24, 2.45) is 0 Å². The van der Waals surface area contributed by atoms with Gasteiger partial charge in [-0.3, -0.25) is 14.6 Å². The van der Waals surface area contributed by atoms with Crippen LogP contribution in [0.1, 0.15) is 33.4 Å². The van der Waals surface area contributed by atoms with Crippen LogP contribution in [-0.4, -0.2) is 50.1 Å². The second-order valence-electron chi connectivity index (χ2n) is 7.76. The van der Waals surface area contributed by atoms with E-state index in [1.807, 2.05) is 6.07 Å². The lowest BCUT2D eigenvalue weighted by Crippen LogP contribution is -2.44. The molecule has 4 rings (SSSR count). The van der Waals surface area contributed by atoms with E-state index < -0.39 is 12.0 Å². The second-order valence-corrected chi connectivity index (χ2v) is 8.17. The summed E-state index contributed by atoms with van der Waals surface area (Å²) in [4.78, 5) is 32.9. The van der Waals surface area contributed by atoms with E-state index in [0.29, 0.717) is 39.1 Å². The minimum atomic E-state index is -0.761. The second kappa shape index (κ2) is 9.61. The predicted molar refractivity (Wildman–Crippen MR) is 128 cm³/mol. The van der Waals surface area contributed by atoms with Gasteiger partial charge in [-0.25, -0.2) is 0 Å². The molecule has 0 saturated heterocycles. The summed E-state index contributed by atoms with van der Waals surface area (Å²) in [6, 6.07) is 11.3. The molecule has 0 aliphatic carbocycles. The lowest BCUT2D eigenvalue weighted by atomic mass is 9.79. The number of hydrogen-bond donors (Lipinski definition) is 1. The van der Waals surface area contributed by atoms with Crippen LogP contribution < -0.4 is 19.5 Å². The van der Waals surface area contributed by atoms with Gasteiger partial charge in [-0.05, 0) is 47.5 Å². The molecule has 8 nitrogen and oxygen atoms in total. The van der Waals surface area contributed by atoms with Gasteiger partial charge in [0.2, 0.25) is 5.91 Å². The number of carbonyl (C=O) groups excluding carboxylic acids is 2. The SMILES string of the molecule is COc1ccc(NC(=O)[C@H]2c3cc(OC)c(OC)cc3C(=O)N(C)[C@H]2c2cccnc2)cc1Cl. The zero-order valence-corrected chi connectivity index (χ0v) is 19.9. The quantitative estimate of drug-likeness (QED) is 0.564. The minimum absolute atomic E-state index is 0.235. The number of amides is 2. The van der Waals surface area contributed by atoms with Crippen LogP contribution in [0.4, 0.5) is 5.69 Å². The number of nitrogens with one attached hydrogen (secondary N) is 1. The zero-order chi connectivity index (χ0) is 24.4. The van der Waals surface area contributed by atoms with Gasteiger partial charge in [-0.1, -0.05) is 17.7 Å². The van der Waals surface area contributed by atoms with Crippen LogP contribution in [0.2, 0.25) is 5.02 Å². The van der Waals surface area contributed by atoms with E-state index in [1.165, 1.54) is 21.3 Å². The number of carbonyl (C=O) groups is 2. The summed E-state index contributed by atoms with van der Waals surface area (Å²) in [5.74, 6) is 0.0164. The molecule has 0 fully saturated rings. The van der Waals surface area contributed by atoms with E-state index in [0.717, 1.165) is 5.56 Å². The van der Waals surface area contributed by atoms with Gasteiger partial charge in [0.15, 0.2) is 11.5 Å². The van der Waals surface area contributed by atoms with Crippen LogP contribution in [0, 0.1) is 0 Å². The number of hydrogen-bond acceptors (Lipinski definition) is 6. The molecule has 9 heteroatoms. The zero-order valence-electron chi connectivity index (χ0n) is 19.2. The summed E-state index contributed by atoms with van der Waals surface area (Å²) >= 11 is 6.25. The van der Waals surface area contributed by atoms with Gasteiger partial charge < -0.3 is 24.4 Å². The Labute approximate surface area is 202 Å². The van der Waals surface area contributed by atoms with Crippen molar-refractivity contribution in [3.8, 4) is 17.2 Å². The van der Waals surface area contributed by atoms with Crippen LogP contribution in [-0.2, 0) is 4.79 Å². The molecule has 3 aromatic rings. The monoisotopic (exact) mass is 481 g/mol. The molecular formula is C25H24ClN3O5. The Hall–Kier alpha value is -3.78. The van der Waals surface area contributed by atoms with Gasteiger partial charge in [0.05, 0.1) is 38.3 Å². The van der Waals surface area contributed by atoms with E-state index in [4.69, 9.17) is 25.8 Å². The minimum Gasteiger partial charge on any atom is -0.495 e. The van der Waals surface area contributed by atoms with E-state index in [-0.39, 0.29) is 11.8 Å². The number of nitrogens with zero attached hydrogens (tertiary/aromatic N) is 2. The highest BCUT2D eigenvalue weighted by Gasteiger charge is 2.43. The molecule has 1 aliphatic rings. The van der Waals surface area contributed by atoms with Gasteiger partial charge in [-0.2, -0.15) is 0 Å². The first-order valence-electron chi connectivity index (χ1n) is 10.5. The van der Waals surface area contributed by atoms with Gasteiger partial charge in [0, 0.05) is 30.7 Å². The Balaban J connectivity index is 1.85. The van der Waals surface area contributed by atoms with E-state index in [2.05, 4.69) is 10.3 Å². The molecule has 2 amide bonds. The van der Waals surface area contributed by atoms with Crippen molar-refractivity contribution in [2.45, 2.75) is 12.0 Å². The molecule has 1 aliphatic heterocycles. The average molecular weight is 482 g/mol. The fourth-order valence-electron chi connectivity index (χ4n) is 4.26. The highest BCUT2D eigenvalue weighted by molar-refractivity contribution is 6.32. The van der Waals surface area contributed by atoms with E-state index >= 15 is 0 Å². The van der Waals surface area contributed by atoms with Crippen LogP contribution in [0.15, 0.2) is 54.9 Å². The summed E-state index contributed by atoms with van der Waals surface area (Å²) in [5.41, 5.74) is 2.13. The Kier molecular flexibility index (Phi) is 6.61. The Bertz CT molecular complexity index is 1230. The van der Waals surface area contributed by atoms with Crippen molar-refractivity contribution in [1.29, 1.82) is 0 Å². The van der Waals surface area contributed by atoms with Crippen molar-refractivity contribution in [1.82, 2.24) is 9.88 Å². The number of aromatic nitrogens is 1. The molecule has 1 aromatic heterocycles. The number of fused-ring (bicyclic) bond motifs is 1. The highest BCUT2D eigenvalue weighted by Crippen LogP contribution is 2.46. The van der Waals surface area contributed by atoms with Crippen LogP contribution >= 0.6 is 11.6 Å². The summed E-state index contributed by atoms with van der Waals surface area (Å²) in [5, 5.41) is 3.30. The number of rotatable bonds is 6. The topological polar surface area (TPSA) is 90.0 Å². The first-order valence-corrected chi connectivity index (χ1v) is 10.8. The number of methoxy groups -OCH3 is 3. The molecule has 2 heterocycles. The first kappa shape index (κ1) is 23.4. The third-order valence-corrected chi connectivity index (χ3v) is 6.20. The number of benzene rings is 2. The molecule has 0 unspecified atom stereocenters. The van der Waals surface area contributed by atoms with Crippen LogP contribution in [0.3, 0.4) is 0 Å². The van der Waals surface area contributed by atoms with Crippen molar-refractivity contribution in [2.75, 3.05) is 33.7 Å². The fraction of sp³-hybridized carbons (Fsp3) is 0.240. The van der Waals surface area contributed by atoms with Gasteiger partial charge >= 0.3 is 0 Å². The maximum absolute atomic E-state index is 13.8. The number of likely N-dealkylation sites (N-methyl/N-ethyl adjacent to an activating group) is 1. The lowest BCUT2D eigenvalue weighted by molar-refractivity contribution is -0.119. The third kappa shape index (κ3) is 4.12. The van der Waals surface area contributed by atoms with Gasteiger partial charge in [0.25, 0.3) is 5.91 Å². The molecule has 1 N–H and O–H groups in total. The van der Waals surface area contributed by atoms with Crippen LogP contribution in [0.25, 0.3) is 0 Å². The number of halogens is 1. The Morgan fingerprint density at radius 2 is 1.74 bits per heavy atom. The molecule has 0 radical (unpaired) electrons. The summed E-state index contributed by atoms with van der Waals surface area (Å²) in [6.45, 7) is 0. The summed E-state index contributed by atoms with van der Waals surface area (Å²) < 4.78 is 16.1. The molecule has 2 atom stereocenters. The molecular weight excluding hydrogens is 458 g/mol. The number of pyridine rings is 1. The molecule has 176 valence electrons. The number of ether oxygens (including phenoxy) is 3. The van der Waals surface area contributed by atoms with E-state index in [1.54, 1.807) is 60.7 Å². The smallest absolute Gasteiger partial charge is 0.254 e. The predicted octanol–water partition coefficient (Wildman–Crippen LogP) is 4.31. The highest BCUT2D eigenvalue weighted by atomic mass is 35.5. The van der Waals surface area contributed by atoms with Crippen molar-refractivity contribution in [3.05, 3.63) is 76.6 Å². The summed E-state index contributed by atoms with van der Waals surface area (Å²) in [6.07, 6.45) is 3.30. The lowest BCUT2D eigenvalue weighted by Gasteiger charge is -2.39. The normalized spacial score (nSPS) is 17.1.